The van der Waals surface area contributed by atoms with Gasteiger partial charge in [0.2, 0.25) is 0 Å². The van der Waals surface area contributed by atoms with Crippen LogP contribution in [0.3, 0.4) is 0 Å². The Morgan fingerprint density at radius 3 is 2.41 bits per heavy atom. The number of thioether (sulfide) groups is 1. The molecular weight excluding hydrogens is 613 g/mol. The molecule has 1 aliphatic heterocycles. The van der Waals surface area contributed by atoms with Crippen molar-refractivity contribution in [2.24, 2.45) is 4.99 Å². The Morgan fingerprint density at radius 2 is 1.72 bits per heavy atom. The van der Waals surface area contributed by atoms with Gasteiger partial charge in [0.15, 0.2) is 11.0 Å². The predicted molar refractivity (Wildman–Crippen MR) is 175 cm³/mol. The summed E-state index contributed by atoms with van der Waals surface area (Å²) in [6.45, 7) is 6.38. The normalized spacial score (nSPS) is 21.0. The van der Waals surface area contributed by atoms with E-state index in [9.17, 15) is 18.0 Å². The number of aliphatic imine (C=N–C) groups is 1. The van der Waals surface area contributed by atoms with Crippen molar-refractivity contribution < 1.29 is 22.7 Å². The summed E-state index contributed by atoms with van der Waals surface area (Å²) in [6.07, 6.45) is 0.632. The third-order valence-electron chi connectivity index (χ3n) is 8.54. The maximum atomic E-state index is 13.3. The zero-order valence-electron chi connectivity index (χ0n) is 25.8. The second-order valence-corrected chi connectivity index (χ2v) is 12.8. The molecule has 6 rings (SSSR count). The number of hydrogen-bond acceptors (Lipinski definition) is 5. The number of alkyl halides is 3. The summed E-state index contributed by atoms with van der Waals surface area (Å²) in [7, 11) is 0. The van der Waals surface area contributed by atoms with E-state index in [1.54, 1.807) is 11.8 Å². The van der Waals surface area contributed by atoms with E-state index in [1.165, 1.54) is 35.3 Å². The summed E-state index contributed by atoms with van der Waals surface area (Å²) in [5.41, 5.74) is 5.93. The molecule has 3 atom stereocenters. The van der Waals surface area contributed by atoms with Crippen molar-refractivity contribution in [2.45, 2.75) is 70.8 Å². The lowest BCUT2D eigenvalue weighted by Gasteiger charge is -2.37. The number of aryl methyl sites for hydroxylation is 2. The number of anilines is 1. The first-order valence-electron chi connectivity index (χ1n) is 15.3. The van der Waals surface area contributed by atoms with Gasteiger partial charge in [0.1, 0.15) is 12.1 Å². The van der Waals surface area contributed by atoms with E-state index in [-0.39, 0.29) is 29.8 Å². The Morgan fingerprint density at radius 1 is 1.00 bits per heavy atom. The van der Waals surface area contributed by atoms with Crippen molar-refractivity contribution >= 4 is 28.6 Å². The third kappa shape index (κ3) is 7.06. The number of amides is 2. The minimum atomic E-state index is -4.75. The summed E-state index contributed by atoms with van der Waals surface area (Å²) in [6, 6.07) is 19.6. The van der Waals surface area contributed by atoms with E-state index >= 15 is 0 Å². The van der Waals surface area contributed by atoms with Crippen molar-refractivity contribution in [3.63, 3.8) is 0 Å². The number of amidine groups is 1. The lowest BCUT2D eigenvalue weighted by Crippen LogP contribution is -2.43. The molecule has 3 unspecified atom stereocenters. The van der Waals surface area contributed by atoms with Crippen LogP contribution in [0.25, 0.3) is 17.1 Å². The third-order valence-corrected chi connectivity index (χ3v) is 9.53. The molecule has 1 saturated carbocycles. The molecule has 2 fully saturated rings. The van der Waals surface area contributed by atoms with Gasteiger partial charge in [0, 0.05) is 35.0 Å². The number of rotatable bonds is 6. The van der Waals surface area contributed by atoms with Crippen LogP contribution in [0.15, 0.2) is 78.0 Å². The number of benzene rings is 3. The molecule has 0 radical (unpaired) electrons. The first kappa shape index (κ1) is 31.7. The zero-order valence-corrected chi connectivity index (χ0v) is 26.6. The molecule has 1 saturated heterocycles. The lowest BCUT2D eigenvalue weighted by molar-refractivity contribution is -0.274. The van der Waals surface area contributed by atoms with E-state index in [0.29, 0.717) is 11.5 Å². The number of nitrogens with one attached hydrogen (secondary N) is 1. The SMILES string of the molecule is Cc1cccc(C)c1N1/C(=N/C(=O)NC2CCCC2c2ccc(-c3ncn(-c4ccc(OC(F)(F)F)cc4)n3)cc2)SCCC1C. The largest absolute Gasteiger partial charge is 0.573 e. The highest BCUT2D eigenvalue weighted by Crippen LogP contribution is 2.37. The number of urea groups is 1. The Labute approximate surface area is 270 Å². The van der Waals surface area contributed by atoms with Crippen LogP contribution in [0.5, 0.6) is 5.75 Å². The Hall–Kier alpha value is -4.32. The first-order chi connectivity index (χ1) is 22.1. The monoisotopic (exact) mass is 648 g/mol. The first-order valence-corrected chi connectivity index (χ1v) is 16.3. The molecule has 0 spiro atoms. The van der Waals surface area contributed by atoms with Gasteiger partial charge < -0.3 is 15.0 Å². The summed E-state index contributed by atoms with van der Waals surface area (Å²) in [5, 5.41) is 8.45. The van der Waals surface area contributed by atoms with E-state index in [2.05, 4.69) is 69.0 Å². The summed E-state index contributed by atoms with van der Waals surface area (Å²) in [5.74, 6) is 1.27. The highest BCUT2D eigenvalue weighted by atomic mass is 32.2. The molecule has 1 N–H and O–H groups in total. The number of aromatic nitrogens is 3. The van der Waals surface area contributed by atoms with Crippen molar-refractivity contribution in [1.82, 2.24) is 20.1 Å². The topological polar surface area (TPSA) is 84.6 Å². The molecule has 8 nitrogen and oxygen atoms in total. The lowest BCUT2D eigenvalue weighted by atomic mass is 9.93. The molecule has 46 heavy (non-hydrogen) atoms. The fourth-order valence-corrected chi connectivity index (χ4v) is 7.50. The molecular formula is C34H35F3N6O2S. The molecule has 3 aromatic carbocycles. The highest BCUT2D eigenvalue weighted by molar-refractivity contribution is 8.14. The van der Waals surface area contributed by atoms with Crippen molar-refractivity contribution in [3.05, 3.63) is 89.7 Å². The average Bonchev–Trinajstić information content (AvgIpc) is 3.68. The van der Waals surface area contributed by atoms with Crippen LogP contribution in [-0.2, 0) is 0 Å². The number of para-hydroxylation sites is 1. The molecule has 1 aromatic heterocycles. The quantitative estimate of drug-likeness (QED) is 0.227. The average molecular weight is 649 g/mol. The van der Waals surface area contributed by atoms with Gasteiger partial charge in [-0.15, -0.1) is 18.3 Å². The molecule has 4 aromatic rings. The van der Waals surface area contributed by atoms with Gasteiger partial charge in [-0.25, -0.2) is 14.5 Å². The second-order valence-electron chi connectivity index (χ2n) is 11.8. The number of ether oxygens (including phenoxy) is 1. The van der Waals surface area contributed by atoms with Gasteiger partial charge >= 0.3 is 12.4 Å². The molecule has 2 heterocycles. The Bertz CT molecular complexity index is 1700. The molecule has 1 aliphatic carbocycles. The number of carbonyl (C=O) groups is 1. The van der Waals surface area contributed by atoms with Gasteiger partial charge in [0.25, 0.3) is 0 Å². The Kier molecular flexibility index (Phi) is 9.08. The molecule has 2 aliphatic rings. The van der Waals surface area contributed by atoms with Crippen LogP contribution in [0.4, 0.5) is 23.7 Å². The minimum Gasteiger partial charge on any atom is -0.406 e. The Balaban J connectivity index is 1.13. The summed E-state index contributed by atoms with van der Waals surface area (Å²) >= 11 is 1.63. The van der Waals surface area contributed by atoms with Crippen LogP contribution in [-0.4, -0.2) is 50.2 Å². The zero-order chi connectivity index (χ0) is 32.4. The smallest absolute Gasteiger partial charge is 0.406 e. The van der Waals surface area contributed by atoms with E-state index in [4.69, 9.17) is 0 Å². The fourth-order valence-electron chi connectivity index (χ4n) is 6.30. The van der Waals surface area contributed by atoms with E-state index in [0.717, 1.165) is 64.5 Å². The fraction of sp³-hybridized carbons (Fsp3) is 0.353. The van der Waals surface area contributed by atoms with Crippen LogP contribution in [0.1, 0.15) is 55.2 Å². The summed E-state index contributed by atoms with van der Waals surface area (Å²) < 4.78 is 42.9. The van der Waals surface area contributed by atoms with Crippen LogP contribution in [0.2, 0.25) is 0 Å². The molecule has 0 bridgehead atoms. The number of halogens is 3. The van der Waals surface area contributed by atoms with Crippen molar-refractivity contribution in [3.8, 4) is 22.8 Å². The van der Waals surface area contributed by atoms with Gasteiger partial charge in [-0.05, 0) is 81.0 Å². The van der Waals surface area contributed by atoms with Gasteiger partial charge in [0.05, 0.1) is 5.69 Å². The molecule has 2 amide bonds. The minimum absolute atomic E-state index is 0.0241. The number of carbonyl (C=O) groups excluding carboxylic acids is 1. The van der Waals surface area contributed by atoms with E-state index < -0.39 is 6.36 Å². The maximum absolute atomic E-state index is 13.3. The van der Waals surface area contributed by atoms with E-state index in [1.807, 2.05) is 24.3 Å². The van der Waals surface area contributed by atoms with Gasteiger partial charge in [-0.2, -0.15) is 4.99 Å². The second kappa shape index (κ2) is 13.2. The van der Waals surface area contributed by atoms with Crippen LogP contribution >= 0.6 is 11.8 Å². The number of hydrogen-bond donors (Lipinski definition) is 1. The number of nitrogens with zero attached hydrogens (tertiary/aromatic N) is 5. The molecule has 12 heteroatoms. The van der Waals surface area contributed by atoms with Gasteiger partial charge in [-0.1, -0.05) is 60.6 Å². The maximum Gasteiger partial charge on any atom is 0.573 e. The molecule has 240 valence electrons. The van der Waals surface area contributed by atoms with Crippen molar-refractivity contribution in [1.29, 1.82) is 0 Å². The predicted octanol–water partition coefficient (Wildman–Crippen LogP) is 8.18. The van der Waals surface area contributed by atoms with Crippen LogP contribution in [0, 0.1) is 13.8 Å². The highest BCUT2D eigenvalue weighted by Gasteiger charge is 2.33. The van der Waals surface area contributed by atoms with Crippen molar-refractivity contribution in [2.75, 3.05) is 10.7 Å². The van der Waals surface area contributed by atoms with Crippen LogP contribution < -0.4 is 15.0 Å². The summed E-state index contributed by atoms with van der Waals surface area (Å²) in [4.78, 5) is 24.5. The van der Waals surface area contributed by atoms with Gasteiger partial charge in [-0.3, -0.25) is 0 Å². The standard InChI is InChI=1S/C34H35F3N6O2S/c1-21-6-4-7-22(2)30(21)43-23(3)18-19-46-33(43)40-32(44)39-29-9-5-8-28(29)24-10-12-25(13-11-24)31-38-20-42(41-31)26-14-16-27(17-15-26)45-34(35,36)37/h4,6-7,10-17,20,23,28-29H,5,8-9,18-19H2,1-3H3,(H,39,44)/b40-33-.